The van der Waals surface area contributed by atoms with E-state index in [4.69, 9.17) is 53.1 Å². The van der Waals surface area contributed by atoms with Crippen LogP contribution in [0, 0.1) is 5.41 Å². The van der Waals surface area contributed by atoms with Crippen molar-refractivity contribution < 1.29 is 57.6 Å². The van der Waals surface area contributed by atoms with Crippen LogP contribution in [0.4, 0.5) is 0 Å². The molecule has 2 aliphatic rings. The largest absolute Gasteiger partial charge is 0.491 e. The average molecular weight is 972 g/mol. The van der Waals surface area contributed by atoms with Gasteiger partial charge in [-0.2, -0.15) is 0 Å². The minimum absolute atomic E-state index is 0.147. The Bertz CT molecular complexity index is 2110. The van der Waals surface area contributed by atoms with Gasteiger partial charge in [0.2, 0.25) is 0 Å². The van der Waals surface area contributed by atoms with Gasteiger partial charge in [0.1, 0.15) is 61.6 Å². The molecule has 4 aromatic carbocycles. The number of rotatable bonds is 34. The normalized spacial score (nSPS) is 19.5. The van der Waals surface area contributed by atoms with Crippen LogP contribution in [0.25, 0.3) is 0 Å². The molecular formula is C57H81NO12. The molecule has 70 heavy (non-hydrogen) atoms. The summed E-state index contributed by atoms with van der Waals surface area (Å²) in [6.07, 6.45) is 1.84. The van der Waals surface area contributed by atoms with Gasteiger partial charge in [0.15, 0.2) is 0 Å². The van der Waals surface area contributed by atoms with Crippen molar-refractivity contribution in [1.82, 2.24) is 0 Å². The van der Waals surface area contributed by atoms with Gasteiger partial charge in [0.05, 0.1) is 74.8 Å². The van der Waals surface area contributed by atoms with E-state index in [1.807, 2.05) is 111 Å². The number of ether oxygens (including phenoxy) is 10. The van der Waals surface area contributed by atoms with E-state index in [1.165, 1.54) is 0 Å². The maximum atomic E-state index is 11.0. The van der Waals surface area contributed by atoms with Gasteiger partial charge in [-0.25, -0.2) is 0 Å². The number of hydrogen-bond acceptors (Lipinski definition) is 13. The first-order valence-corrected chi connectivity index (χ1v) is 25.2. The second kappa shape index (κ2) is 25.9. The minimum Gasteiger partial charge on any atom is -0.491 e. The average Bonchev–Trinajstić information content (AvgIpc) is 4.33. The highest BCUT2D eigenvalue weighted by Gasteiger charge is 2.46. The fraction of sp³-hybridized carbons (Fsp3) is 0.579. The number of hydrogen-bond donors (Lipinski definition) is 3. The van der Waals surface area contributed by atoms with Crippen molar-refractivity contribution in [2.24, 2.45) is 11.1 Å². The lowest BCUT2D eigenvalue weighted by molar-refractivity contribution is -0.175. The van der Waals surface area contributed by atoms with Gasteiger partial charge in [0.25, 0.3) is 0 Å². The van der Waals surface area contributed by atoms with E-state index in [-0.39, 0.29) is 31.5 Å². The molecule has 6 rings (SSSR count). The molecule has 2 heterocycles. The zero-order valence-corrected chi connectivity index (χ0v) is 43.0. The van der Waals surface area contributed by atoms with E-state index in [9.17, 15) is 10.2 Å². The molecule has 4 N–H and O–H groups in total. The van der Waals surface area contributed by atoms with E-state index in [0.717, 1.165) is 66.2 Å². The SMILES string of the molecule is CCC(C)(CC(O)COc1ccc(COC(CN)C(C)(C)C(C)(CC)OCc2ccc(OCC(O)CC(C)(CC)OCc3ccc(OCC4CO4)cc3)cc2)cc1)OCc1ccc(OCC2CO2)cc1. The van der Waals surface area contributed by atoms with Gasteiger partial charge in [0, 0.05) is 24.8 Å². The van der Waals surface area contributed by atoms with Crippen LogP contribution in [-0.4, -0.2) is 104 Å². The second-order valence-electron chi connectivity index (χ2n) is 20.3. The fourth-order valence-corrected chi connectivity index (χ4v) is 8.15. The first-order chi connectivity index (χ1) is 33.5. The van der Waals surface area contributed by atoms with E-state index < -0.39 is 34.4 Å². The third-order valence-corrected chi connectivity index (χ3v) is 14.3. The van der Waals surface area contributed by atoms with Gasteiger partial charge < -0.3 is 63.3 Å². The van der Waals surface area contributed by atoms with Gasteiger partial charge in [-0.1, -0.05) is 83.1 Å². The third-order valence-electron chi connectivity index (χ3n) is 14.3. The predicted octanol–water partition coefficient (Wildman–Crippen LogP) is 9.53. The molecule has 8 atom stereocenters. The van der Waals surface area contributed by atoms with Gasteiger partial charge in [-0.05, 0) is 111 Å². The van der Waals surface area contributed by atoms with Crippen LogP contribution in [0.1, 0.15) is 110 Å². The number of aliphatic hydroxyl groups excluding tert-OH is 2. The van der Waals surface area contributed by atoms with E-state index in [2.05, 4.69) is 41.5 Å². The van der Waals surface area contributed by atoms with Crippen molar-refractivity contribution in [1.29, 1.82) is 0 Å². The summed E-state index contributed by atoms with van der Waals surface area (Å²) >= 11 is 0. The second-order valence-corrected chi connectivity index (χ2v) is 20.3. The lowest BCUT2D eigenvalue weighted by Gasteiger charge is -2.47. The quantitative estimate of drug-likeness (QED) is 0.0380. The predicted molar refractivity (Wildman–Crippen MR) is 270 cm³/mol. The van der Waals surface area contributed by atoms with Crippen LogP contribution in [0.15, 0.2) is 97.1 Å². The molecule has 0 aromatic heterocycles. The number of epoxide rings is 2. The lowest BCUT2D eigenvalue weighted by Crippen LogP contribution is -2.54. The molecule has 0 aliphatic carbocycles. The molecule has 8 unspecified atom stereocenters. The van der Waals surface area contributed by atoms with Gasteiger partial charge in [-0.15, -0.1) is 0 Å². The smallest absolute Gasteiger partial charge is 0.119 e. The summed E-state index contributed by atoms with van der Waals surface area (Å²) in [6, 6.07) is 31.4. The molecule has 0 saturated carbocycles. The molecule has 2 saturated heterocycles. The fourth-order valence-electron chi connectivity index (χ4n) is 8.15. The highest BCUT2D eigenvalue weighted by atomic mass is 16.6. The summed E-state index contributed by atoms with van der Waals surface area (Å²) in [6.45, 7) is 21.7. The third kappa shape index (κ3) is 17.2. The van der Waals surface area contributed by atoms with Crippen LogP contribution in [0.2, 0.25) is 0 Å². The summed E-state index contributed by atoms with van der Waals surface area (Å²) in [5.41, 5.74) is 8.41. The molecule has 386 valence electrons. The van der Waals surface area contributed by atoms with Crippen LogP contribution >= 0.6 is 0 Å². The highest BCUT2D eigenvalue weighted by molar-refractivity contribution is 5.30. The van der Waals surface area contributed by atoms with E-state index >= 15 is 0 Å². The van der Waals surface area contributed by atoms with Gasteiger partial charge in [-0.3, -0.25) is 0 Å². The summed E-state index contributed by atoms with van der Waals surface area (Å²) in [5.74, 6) is 2.96. The Balaban J connectivity index is 0.892. The maximum absolute atomic E-state index is 11.0. The zero-order chi connectivity index (χ0) is 50.2. The number of benzene rings is 4. The molecule has 0 amide bonds. The minimum atomic E-state index is -0.709. The van der Waals surface area contributed by atoms with E-state index in [0.29, 0.717) is 70.5 Å². The maximum Gasteiger partial charge on any atom is 0.119 e. The summed E-state index contributed by atoms with van der Waals surface area (Å²) in [5, 5.41) is 21.9. The topological polar surface area (TPSA) is 165 Å². The van der Waals surface area contributed by atoms with Crippen molar-refractivity contribution in [3.63, 3.8) is 0 Å². The first-order valence-electron chi connectivity index (χ1n) is 25.2. The van der Waals surface area contributed by atoms with Crippen molar-refractivity contribution in [2.45, 2.75) is 161 Å². The Morgan fingerprint density at radius 3 is 1.19 bits per heavy atom. The van der Waals surface area contributed by atoms with Gasteiger partial charge >= 0.3 is 0 Å². The summed E-state index contributed by atoms with van der Waals surface area (Å²) in [4.78, 5) is 0. The Kier molecular flexibility index (Phi) is 20.4. The van der Waals surface area contributed by atoms with Crippen LogP contribution in [-0.2, 0) is 54.8 Å². The van der Waals surface area contributed by atoms with E-state index in [1.54, 1.807) is 0 Å². The first kappa shape index (κ1) is 55.0. The number of aliphatic hydroxyl groups is 2. The molecule has 0 spiro atoms. The lowest BCUT2D eigenvalue weighted by atomic mass is 9.70. The Labute approximate surface area is 417 Å². The van der Waals surface area contributed by atoms with Crippen molar-refractivity contribution in [3.05, 3.63) is 119 Å². The number of nitrogens with two attached hydrogens (primary N) is 1. The molecule has 13 nitrogen and oxygen atoms in total. The van der Waals surface area contributed by atoms with Crippen LogP contribution in [0.3, 0.4) is 0 Å². The van der Waals surface area contributed by atoms with Crippen LogP contribution in [0.5, 0.6) is 23.0 Å². The molecule has 0 bridgehead atoms. The molecule has 0 radical (unpaired) electrons. The Morgan fingerprint density at radius 1 is 0.514 bits per heavy atom. The Hall–Kier alpha value is -4.28. The Morgan fingerprint density at radius 2 is 0.857 bits per heavy atom. The summed E-state index contributed by atoms with van der Waals surface area (Å²) < 4.78 is 59.8. The molecule has 2 fully saturated rings. The summed E-state index contributed by atoms with van der Waals surface area (Å²) in [7, 11) is 0. The molecule has 4 aromatic rings. The van der Waals surface area contributed by atoms with Crippen molar-refractivity contribution in [3.8, 4) is 23.0 Å². The molecular weight excluding hydrogens is 891 g/mol. The van der Waals surface area contributed by atoms with Crippen LogP contribution < -0.4 is 24.7 Å². The molecule has 13 heteroatoms. The molecule has 2 aliphatic heterocycles. The highest BCUT2D eigenvalue weighted by Crippen LogP contribution is 2.42. The monoisotopic (exact) mass is 972 g/mol. The van der Waals surface area contributed by atoms with Crippen molar-refractivity contribution in [2.75, 3.05) is 46.2 Å². The standard InChI is InChI=1S/C57H81NO12/c1-9-55(6,68-32-42-14-24-49(25-15-42)63-37-51-39-65-51)28-45(59)35-61-47-20-12-41(13-21-47)31-67-53(30-58)54(4,5)57(8,11-3)70-34-44-18-22-48(23-19-44)62-36-46(60)29-56(7,10-2)69-33-43-16-26-50(27-17-43)64-38-52-40-66-52/h12-27,45-46,51-53,59-60H,9-11,28-40,58H2,1-8H3. The zero-order valence-electron chi connectivity index (χ0n) is 43.0. The van der Waals surface area contributed by atoms with Crippen molar-refractivity contribution >= 4 is 0 Å².